The summed E-state index contributed by atoms with van der Waals surface area (Å²) in [4.78, 5) is 13.2. The Labute approximate surface area is 290 Å². The standard InChI is InChI=1S/C44H30N3.In/c1-5-15-31(16-6-1)35-23-13-14-24-36(32-17-7-2-8-18-32)38-26-28-40(46-38)44(34-21-11-4-12-22-34)42-30-29-41(47-42)43(33-19-9-3-10-20-33)39-27-25-37(35)45-39;/h1-22,25-30,45-46H;/b14-13?,35-23?,38-36+,43-41-,44-40-;. The molecule has 4 heteroatoms. The fourth-order valence-electron chi connectivity index (χ4n) is 7.03. The molecule has 3 nitrogen and oxygen atoms in total. The Hall–Kier alpha value is -5.45. The van der Waals surface area contributed by atoms with Crippen LogP contribution >= 0.6 is 0 Å². The number of nitrogens with one attached hydrogen (secondary N) is 2. The van der Waals surface area contributed by atoms with Gasteiger partial charge in [-0.2, -0.15) is 0 Å². The van der Waals surface area contributed by atoms with Gasteiger partial charge in [-0.15, -0.1) is 0 Å². The first-order valence-corrected chi connectivity index (χ1v) is 19.6. The molecule has 3 aliphatic heterocycles. The SMILES string of the molecule is C1=C/C2=C(\c3ccccc3)c3ccc([nH]3)/C(c3ccccc3)=[C]3/C=C[C](=[In]3)/C(c3ccccc3)=c3/cc/c([nH]3)=C(\c3ccccc3)C1=N2. The molecule has 0 aliphatic carbocycles. The maximum absolute atomic E-state index is 5.38. The molecule has 2 aromatic heterocycles. The van der Waals surface area contributed by atoms with Crippen molar-refractivity contribution in [2.75, 3.05) is 0 Å². The first kappa shape index (κ1) is 28.7. The van der Waals surface area contributed by atoms with E-state index in [1.807, 2.05) is 0 Å². The molecule has 2 N–H and O–H groups in total. The normalized spacial score (nSPS) is 20.4. The molecule has 0 unspecified atom stereocenters. The van der Waals surface area contributed by atoms with Crippen LogP contribution in [0.5, 0.6) is 0 Å². The van der Waals surface area contributed by atoms with Crippen molar-refractivity contribution in [3.05, 3.63) is 223 Å². The Balaban J connectivity index is 1.42. The van der Waals surface area contributed by atoms with Crippen molar-refractivity contribution in [3.8, 4) is 0 Å². The number of nitrogens with zero attached hydrogens (tertiary/aromatic N) is 1. The molecule has 5 heterocycles. The van der Waals surface area contributed by atoms with Gasteiger partial charge in [-0.05, 0) is 0 Å². The van der Waals surface area contributed by atoms with Crippen LogP contribution < -0.4 is 10.7 Å². The van der Waals surface area contributed by atoms with Gasteiger partial charge in [0.1, 0.15) is 0 Å². The number of rotatable bonds is 4. The van der Waals surface area contributed by atoms with Crippen LogP contribution in [0.1, 0.15) is 33.6 Å². The van der Waals surface area contributed by atoms with Crippen molar-refractivity contribution in [1.29, 1.82) is 0 Å². The van der Waals surface area contributed by atoms with Gasteiger partial charge >= 0.3 is 292 Å². The summed E-state index contributed by atoms with van der Waals surface area (Å²) in [6, 6.07) is 51.9. The zero-order valence-corrected chi connectivity index (χ0v) is 29.5. The first-order chi connectivity index (χ1) is 23.8. The van der Waals surface area contributed by atoms with Gasteiger partial charge in [-0.25, -0.2) is 0 Å². The van der Waals surface area contributed by atoms with E-state index in [2.05, 4.69) is 180 Å². The van der Waals surface area contributed by atoms with E-state index in [1.54, 1.807) is 0 Å². The topological polar surface area (TPSA) is 43.9 Å². The monoisotopic (exact) mass is 715 g/mol. The molecule has 4 aromatic carbocycles. The summed E-state index contributed by atoms with van der Waals surface area (Å²) in [6.45, 7) is 0. The average molecular weight is 716 g/mol. The molecule has 8 bridgehead atoms. The minimum atomic E-state index is -1.49. The van der Waals surface area contributed by atoms with Crippen LogP contribution in [-0.2, 0) is 0 Å². The molecule has 9 rings (SSSR count). The van der Waals surface area contributed by atoms with Crippen LogP contribution in [0.3, 0.4) is 0 Å². The van der Waals surface area contributed by atoms with Gasteiger partial charge in [0.2, 0.25) is 0 Å². The fraction of sp³-hybridized carbons (Fsp3) is 0. The number of aromatic nitrogens is 2. The van der Waals surface area contributed by atoms with Gasteiger partial charge in [-0.3, -0.25) is 0 Å². The Morgan fingerprint density at radius 2 is 0.896 bits per heavy atom. The summed E-state index contributed by atoms with van der Waals surface area (Å²) in [7, 11) is 0. The number of aromatic amines is 2. The van der Waals surface area contributed by atoms with Crippen LogP contribution in [0.15, 0.2) is 184 Å². The van der Waals surface area contributed by atoms with Crippen molar-refractivity contribution in [1.82, 2.24) is 9.97 Å². The second-order valence-electron chi connectivity index (χ2n) is 12.1. The number of fused-ring (bicyclic) bond motifs is 6. The van der Waals surface area contributed by atoms with Crippen molar-refractivity contribution in [3.63, 3.8) is 0 Å². The molecule has 48 heavy (non-hydrogen) atoms. The number of benzene rings is 4. The number of allylic oxidation sites excluding steroid dienone is 5. The third-order valence-electron chi connectivity index (χ3n) is 9.18. The summed E-state index contributed by atoms with van der Waals surface area (Å²) < 4.78 is 2.94. The van der Waals surface area contributed by atoms with Crippen LogP contribution in [0.2, 0.25) is 0 Å². The summed E-state index contributed by atoms with van der Waals surface area (Å²) in [6.07, 6.45) is 9.10. The Kier molecular flexibility index (Phi) is 7.36. The summed E-state index contributed by atoms with van der Waals surface area (Å²) >= 11 is -1.49. The first-order valence-electron chi connectivity index (χ1n) is 16.3. The van der Waals surface area contributed by atoms with E-state index in [0.717, 1.165) is 55.8 Å². The number of aliphatic imine (C=N–C) groups is 1. The molecule has 0 atom stereocenters. The van der Waals surface area contributed by atoms with Crippen molar-refractivity contribution in [2.45, 2.75) is 0 Å². The zero-order chi connectivity index (χ0) is 31.9. The molecule has 3 aliphatic rings. The van der Waals surface area contributed by atoms with Crippen LogP contribution in [0.25, 0.3) is 22.3 Å². The van der Waals surface area contributed by atoms with Gasteiger partial charge in [0.15, 0.2) is 0 Å². The fourth-order valence-corrected chi connectivity index (χ4v) is 11.7. The predicted molar refractivity (Wildman–Crippen MR) is 200 cm³/mol. The van der Waals surface area contributed by atoms with Crippen molar-refractivity contribution >= 4 is 53.7 Å². The van der Waals surface area contributed by atoms with Crippen molar-refractivity contribution < 1.29 is 0 Å². The molecule has 0 spiro atoms. The van der Waals surface area contributed by atoms with E-state index in [9.17, 15) is 0 Å². The zero-order valence-electron chi connectivity index (χ0n) is 26.2. The van der Waals surface area contributed by atoms with E-state index in [1.165, 1.54) is 28.9 Å². The Morgan fingerprint density at radius 1 is 0.396 bits per heavy atom. The molecule has 6 aromatic rings. The van der Waals surface area contributed by atoms with E-state index in [-0.39, 0.29) is 0 Å². The van der Waals surface area contributed by atoms with Crippen LogP contribution in [0, 0.1) is 0 Å². The molecule has 0 amide bonds. The number of hydrogen-bond donors (Lipinski definition) is 2. The number of H-pyrrole nitrogens is 2. The second kappa shape index (κ2) is 12.3. The van der Waals surface area contributed by atoms with Gasteiger partial charge in [0, 0.05) is 0 Å². The van der Waals surface area contributed by atoms with Gasteiger partial charge < -0.3 is 0 Å². The summed E-state index contributed by atoms with van der Waals surface area (Å²) in [5, 5.41) is 2.19. The van der Waals surface area contributed by atoms with E-state index in [0.29, 0.717) is 0 Å². The third-order valence-corrected chi connectivity index (χ3v) is 13.7. The summed E-state index contributed by atoms with van der Waals surface area (Å²) in [5.41, 5.74) is 13.6. The quantitative estimate of drug-likeness (QED) is 0.191. The third kappa shape index (κ3) is 5.19. The molecule has 0 saturated heterocycles. The molecule has 224 valence electrons. The minimum absolute atomic E-state index is 0.941. The van der Waals surface area contributed by atoms with E-state index in [4.69, 9.17) is 4.99 Å². The van der Waals surface area contributed by atoms with E-state index < -0.39 is 22.4 Å². The maximum atomic E-state index is 5.38. The molecule has 0 radical (unpaired) electrons. The molecule has 0 fully saturated rings. The van der Waals surface area contributed by atoms with Gasteiger partial charge in [0.05, 0.1) is 0 Å². The average Bonchev–Trinajstić information content (AvgIpc) is 3.98. The van der Waals surface area contributed by atoms with Gasteiger partial charge in [-0.1, -0.05) is 0 Å². The molecular weight excluding hydrogens is 685 g/mol. The van der Waals surface area contributed by atoms with E-state index >= 15 is 0 Å². The van der Waals surface area contributed by atoms with Crippen LogP contribution in [-0.4, -0.2) is 41.4 Å². The van der Waals surface area contributed by atoms with Gasteiger partial charge in [0.25, 0.3) is 0 Å². The summed E-state index contributed by atoms with van der Waals surface area (Å²) in [5.74, 6) is 0. The van der Waals surface area contributed by atoms with Crippen molar-refractivity contribution in [2.24, 2.45) is 4.99 Å². The number of hydrogen-bond acceptors (Lipinski definition) is 1. The Bertz CT molecular complexity index is 2330. The molecule has 0 saturated carbocycles. The Morgan fingerprint density at radius 3 is 1.50 bits per heavy atom. The predicted octanol–water partition coefficient (Wildman–Crippen LogP) is 7.43. The van der Waals surface area contributed by atoms with Crippen LogP contribution in [0.4, 0.5) is 0 Å². The molecular formula is C44H30InN3. The second-order valence-corrected chi connectivity index (χ2v) is 16.5.